The van der Waals surface area contributed by atoms with E-state index in [1.165, 1.54) is 0 Å². The van der Waals surface area contributed by atoms with Crippen molar-refractivity contribution in [1.82, 2.24) is 0 Å². The number of hydrogen-bond acceptors (Lipinski definition) is 3. The van der Waals surface area contributed by atoms with Crippen molar-refractivity contribution < 1.29 is 12.6 Å². The van der Waals surface area contributed by atoms with Crippen LogP contribution in [-0.2, 0) is 15.2 Å². The standard InChI is InChI=1S/C5H10IO3S/c1-2-3-4-5(6)9-10(7)8/h10H,2-4H2,1H3. The average molecular weight is 277 g/mol. The molecule has 0 amide bonds. The Labute approximate surface area is 76.4 Å². The normalized spacial score (nSPS) is 11.2. The van der Waals surface area contributed by atoms with Gasteiger partial charge in [-0.25, -0.2) is 8.42 Å². The van der Waals surface area contributed by atoms with E-state index in [9.17, 15) is 8.42 Å². The highest BCUT2D eigenvalue weighted by Gasteiger charge is 2.04. The molecule has 0 spiro atoms. The van der Waals surface area contributed by atoms with Gasteiger partial charge < -0.3 is 0 Å². The molecular weight excluding hydrogens is 267 g/mol. The van der Waals surface area contributed by atoms with Gasteiger partial charge in [0.25, 0.3) is 11.0 Å². The van der Waals surface area contributed by atoms with Crippen molar-refractivity contribution in [3.63, 3.8) is 0 Å². The maximum Gasteiger partial charge on any atom is 0.258 e. The molecule has 0 bridgehead atoms. The van der Waals surface area contributed by atoms with Crippen molar-refractivity contribution in [1.29, 1.82) is 0 Å². The molecule has 0 unspecified atom stereocenters. The molecule has 0 aliphatic carbocycles. The molecule has 61 valence electrons. The summed E-state index contributed by atoms with van der Waals surface area (Å²) in [6, 6.07) is 0. The van der Waals surface area contributed by atoms with Gasteiger partial charge in [-0.2, -0.15) is 0 Å². The third-order valence-corrected chi connectivity index (χ3v) is 2.38. The zero-order chi connectivity index (χ0) is 7.98. The minimum absolute atomic E-state index is 0.551. The highest BCUT2D eigenvalue weighted by Crippen LogP contribution is 2.19. The fraction of sp³-hybridized carbons (Fsp3) is 0.800. The first-order chi connectivity index (χ1) is 4.66. The smallest absolute Gasteiger partial charge is 0.251 e. The van der Waals surface area contributed by atoms with E-state index in [0.29, 0.717) is 4.11 Å². The molecule has 0 heterocycles. The molecule has 0 aliphatic heterocycles. The number of thiol groups is 1. The van der Waals surface area contributed by atoms with Crippen LogP contribution in [-0.4, -0.2) is 8.42 Å². The second-order valence-electron chi connectivity index (χ2n) is 1.77. The number of unbranched alkanes of at least 4 members (excludes halogenated alkanes) is 1. The van der Waals surface area contributed by atoms with E-state index in [1.807, 2.05) is 29.5 Å². The quantitative estimate of drug-likeness (QED) is 0.613. The first kappa shape index (κ1) is 10.6. The van der Waals surface area contributed by atoms with Crippen LogP contribution in [0.1, 0.15) is 26.2 Å². The molecular formula is C5H10IO3S. The Balaban J connectivity index is 3.33. The van der Waals surface area contributed by atoms with Gasteiger partial charge in [0.15, 0.2) is 4.11 Å². The van der Waals surface area contributed by atoms with Crippen LogP contribution in [0, 0.1) is 4.11 Å². The van der Waals surface area contributed by atoms with Crippen LogP contribution in [0.4, 0.5) is 0 Å². The minimum atomic E-state index is -2.70. The van der Waals surface area contributed by atoms with Crippen LogP contribution >= 0.6 is 22.6 Å². The Morgan fingerprint density at radius 2 is 2.20 bits per heavy atom. The molecule has 0 aromatic heterocycles. The van der Waals surface area contributed by atoms with Crippen LogP contribution in [0.5, 0.6) is 0 Å². The third-order valence-electron chi connectivity index (χ3n) is 0.900. The predicted octanol–water partition coefficient (Wildman–Crippen LogP) is 1.64. The summed E-state index contributed by atoms with van der Waals surface area (Å²) in [5.41, 5.74) is 0. The van der Waals surface area contributed by atoms with E-state index in [1.54, 1.807) is 0 Å². The van der Waals surface area contributed by atoms with E-state index >= 15 is 0 Å². The van der Waals surface area contributed by atoms with Crippen LogP contribution < -0.4 is 0 Å². The van der Waals surface area contributed by atoms with Gasteiger partial charge in [-0.1, -0.05) is 13.3 Å². The molecule has 0 saturated heterocycles. The molecule has 0 rings (SSSR count). The third kappa shape index (κ3) is 6.76. The molecule has 0 N–H and O–H groups in total. The molecule has 1 radical (unpaired) electrons. The summed E-state index contributed by atoms with van der Waals surface area (Å²) in [7, 11) is -2.70. The van der Waals surface area contributed by atoms with Gasteiger partial charge >= 0.3 is 0 Å². The monoisotopic (exact) mass is 277 g/mol. The van der Waals surface area contributed by atoms with Crippen molar-refractivity contribution in [3.05, 3.63) is 4.11 Å². The molecule has 10 heavy (non-hydrogen) atoms. The zero-order valence-corrected chi connectivity index (χ0v) is 8.72. The molecule has 0 aromatic rings. The zero-order valence-electron chi connectivity index (χ0n) is 5.67. The Bertz CT molecular complexity index is 138. The average Bonchev–Trinajstić information content (AvgIpc) is 1.82. The van der Waals surface area contributed by atoms with Gasteiger partial charge in [0, 0.05) is 0 Å². The Kier molecular flexibility index (Phi) is 6.76. The summed E-state index contributed by atoms with van der Waals surface area (Å²) < 4.78 is 24.9. The molecule has 0 aliphatic rings. The maximum atomic E-state index is 9.96. The first-order valence-electron chi connectivity index (χ1n) is 3.00. The Morgan fingerprint density at radius 1 is 1.60 bits per heavy atom. The van der Waals surface area contributed by atoms with Crippen molar-refractivity contribution in [3.8, 4) is 0 Å². The molecule has 0 atom stereocenters. The van der Waals surface area contributed by atoms with E-state index in [2.05, 4.69) is 4.18 Å². The summed E-state index contributed by atoms with van der Waals surface area (Å²) in [5, 5.41) is 0. The summed E-state index contributed by atoms with van der Waals surface area (Å²) in [4.78, 5) is 0. The van der Waals surface area contributed by atoms with Crippen molar-refractivity contribution in [2.45, 2.75) is 26.2 Å². The van der Waals surface area contributed by atoms with Gasteiger partial charge in [-0.15, -0.1) is 0 Å². The SMILES string of the molecule is CCCC[C](I)O[SH](=O)=O. The van der Waals surface area contributed by atoms with E-state index in [-0.39, 0.29) is 0 Å². The lowest BCUT2D eigenvalue weighted by molar-refractivity contribution is 0.385. The number of hydrogen-bond donors (Lipinski definition) is 1. The topological polar surface area (TPSA) is 43.4 Å². The fourth-order valence-corrected chi connectivity index (χ4v) is 1.56. The van der Waals surface area contributed by atoms with Gasteiger partial charge in [0.1, 0.15) is 0 Å². The summed E-state index contributed by atoms with van der Waals surface area (Å²) in [6.45, 7) is 2.04. The summed E-state index contributed by atoms with van der Waals surface area (Å²) in [5.74, 6) is 0. The van der Waals surface area contributed by atoms with E-state index in [0.717, 1.165) is 19.3 Å². The van der Waals surface area contributed by atoms with Crippen LogP contribution in [0.3, 0.4) is 0 Å². The summed E-state index contributed by atoms with van der Waals surface area (Å²) in [6.07, 6.45) is 2.74. The predicted molar refractivity (Wildman–Crippen MR) is 48.2 cm³/mol. The fourth-order valence-electron chi connectivity index (χ4n) is 0.442. The van der Waals surface area contributed by atoms with E-state index in [4.69, 9.17) is 0 Å². The van der Waals surface area contributed by atoms with Gasteiger partial charge in [-0.05, 0) is 35.4 Å². The molecule has 5 heteroatoms. The Hall–Kier alpha value is 0.640. The van der Waals surface area contributed by atoms with Crippen molar-refractivity contribution in [2.24, 2.45) is 0 Å². The Morgan fingerprint density at radius 3 is 2.60 bits per heavy atom. The lowest BCUT2D eigenvalue weighted by Crippen LogP contribution is -1.92. The highest BCUT2D eigenvalue weighted by atomic mass is 127. The van der Waals surface area contributed by atoms with Gasteiger partial charge in [-0.3, -0.25) is 4.18 Å². The molecule has 0 fully saturated rings. The first-order valence-corrected chi connectivity index (χ1v) is 5.18. The van der Waals surface area contributed by atoms with Crippen molar-refractivity contribution in [2.75, 3.05) is 0 Å². The van der Waals surface area contributed by atoms with Crippen LogP contribution in [0.2, 0.25) is 0 Å². The highest BCUT2D eigenvalue weighted by molar-refractivity contribution is 14.1. The number of halogens is 1. The van der Waals surface area contributed by atoms with Gasteiger partial charge in [0.05, 0.1) is 0 Å². The molecule has 0 aromatic carbocycles. The molecule has 3 nitrogen and oxygen atoms in total. The van der Waals surface area contributed by atoms with Crippen LogP contribution in [0.15, 0.2) is 0 Å². The lowest BCUT2D eigenvalue weighted by Gasteiger charge is -2.01. The van der Waals surface area contributed by atoms with E-state index < -0.39 is 11.0 Å². The number of rotatable bonds is 5. The minimum Gasteiger partial charge on any atom is -0.251 e. The van der Waals surface area contributed by atoms with Crippen LogP contribution in [0.25, 0.3) is 0 Å². The maximum absolute atomic E-state index is 9.96. The summed E-state index contributed by atoms with van der Waals surface area (Å²) >= 11 is 1.89. The lowest BCUT2D eigenvalue weighted by atomic mass is 10.3. The van der Waals surface area contributed by atoms with Gasteiger partial charge in [0.2, 0.25) is 0 Å². The second-order valence-corrected chi connectivity index (χ2v) is 3.61. The largest absolute Gasteiger partial charge is 0.258 e. The molecule has 0 saturated carbocycles. The second kappa shape index (κ2) is 6.36. The van der Waals surface area contributed by atoms with Crippen molar-refractivity contribution >= 4 is 33.6 Å².